The van der Waals surface area contributed by atoms with Gasteiger partial charge in [-0.05, 0) is 55.4 Å². The van der Waals surface area contributed by atoms with E-state index in [0.29, 0.717) is 6.61 Å². The molecule has 0 aliphatic rings. The number of hydrogen-bond acceptors (Lipinski definition) is 3. The van der Waals surface area contributed by atoms with Crippen LogP contribution in [-0.4, -0.2) is 18.0 Å². The molecule has 2 aromatic carbocycles. The third-order valence-electron chi connectivity index (χ3n) is 3.40. The van der Waals surface area contributed by atoms with Crippen LogP contribution in [0.4, 0.5) is 13.2 Å². The molecule has 3 nitrogen and oxygen atoms in total. The van der Waals surface area contributed by atoms with E-state index in [9.17, 15) is 18.0 Å². The van der Waals surface area contributed by atoms with Crippen molar-refractivity contribution in [3.63, 3.8) is 0 Å². The number of amides is 1. The van der Waals surface area contributed by atoms with Gasteiger partial charge in [0.1, 0.15) is 5.75 Å². The smallest absolute Gasteiger partial charge is 0.446 e. The lowest BCUT2D eigenvalue weighted by Gasteiger charge is -2.17. The first-order chi connectivity index (χ1) is 11.8. The summed E-state index contributed by atoms with van der Waals surface area (Å²) in [5.41, 5.74) is -3.61. The molecule has 0 radical (unpaired) electrons. The van der Waals surface area contributed by atoms with Gasteiger partial charge in [0.15, 0.2) is 0 Å². The van der Waals surface area contributed by atoms with Gasteiger partial charge in [0.25, 0.3) is 5.91 Å². The fourth-order valence-corrected chi connectivity index (χ4v) is 2.91. The third-order valence-corrected chi connectivity index (χ3v) is 4.20. The molecule has 0 saturated heterocycles. The van der Waals surface area contributed by atoms with Gasteiger partial charge in [-0.25, -0.2) is 0 Å². The van der Waals surface area contributed by atoms with Crippen LogP contribution in [0.2, 0.25) is 0 Å². The number of nitrogens with one attached hydrogen (secondary N) is 1. The lowest BCUT2D eigenvalue weighted by atomic mass is 10.1. The van der Waals surface area contributed by atoms with Crippen molar-refractivity contribution in [2.24, 2.45) is 0 Å². The molecule has 1 N–H and O–H groups in total. The molecule has 2 rings (SSSR count). The summed E-state index contributed by atoms with van der Waals surface area (Å²) >= 11 is -0.291. The fourth-order valence-electron chi connectivity index (χ4n) is 2.25. The Labute approximate surface area is 148 Å². The Kier molecular flexibility index (Phi) is 6.36. The standard InChI is InChI=1S/C18H18F3NO2S/c1-3-24-14-10-8-13(9-11-14)12(2)22-17(23)15-6-4-5-7-16(15)25-18(19,20)21/h4-12H,3H2,1-2H3,(H,22,23). The van der Waals surface area contributed by atoms with Crippen molar-refractivity contribution >= 4 is 17.7 Å². The molecule has 0 spiro atoms. The Hall–Kier alpha value is -2.15. The molecule has 0 aliphatic heterocycles. The summed E-state index contributed by atoms with van der Waals surface area (Å²) in [5, 5.41) is 2.73. The summed E-state index contributed by atoms with van der Waals surface area (Å²) < 4.78 is 43.3. The molecule has 1 amide bonds. The zero-order valence-corrected chi connectivity index (χ0v) is 14.6. The summed E-state index contributed by atoms with van der Waals surface area (Å²) in [4.78, 5) is 12.3. The average molecular weight is 369 g/mol. The predicted octanol–water partition coefficient (Wildman–Crippen LogP) is 5.19. The van der Waals surface area contributed by atoms with Crippen LogP contribution in [0.25, 0.3) is 0 Å². The molecule has 7 heteroatoms. The highest BCUT2D eigenvalue weighted by molar-refractivity contribution is 8.00. The first-order valence-corrected chi connectivity index (χ1v) is 8.50. The highest BCUT2D eigenvalue weighted by Gasteiger charge is 2.31. The van der Waals surface area contributed by atoms with Gasteiger partial charge in [0.2, 0.25) is 0 Å². The van der Waals surface area contributed by atoms with Crippen molar-refractivity contribution in [3.8, 4) is 5.75 Å². The van der Waals surface area contributed by atoms with Gasteiger partial charge >= 0.3 is 5.51 Å². The lowest BCUT2D eigenvalue weighted by Crippen LogP contribution is -2.27. The SMILES string of the molecule is CCOc1ccc(C(C)NC(=O)c2ccccc2SC(F)(F)F)cc1. The van der Waals surface area contributed by atoms with Crippen LogP contribution < -0.4 is 10.1 Å². The maximum absolute atomic E-state index is 12.6. The van der Waals surface area contributed by atoms with Gasteiger partial charge in [0, 0.05) is 4.90 Å². The van der Waals surface area contributed by atoms with E-state index < -0.39 is 11.4 Å². The Morgan fingerprint density at radius 1 is 1.16 bits per heavy atom. The van der Waals surface area contributed by atoms with Gasteiger partial charge in [-0.3, -0.25) is 4.79 Å². The van der Waals surface area contributed by atoms with E-state index in [-0.39, 0.29) is 28.3 Å². The minimum Gasteiger partial charge on any atom is -0.494 e. The van der Waals surface area contributed by atoms with Gasteiger partial charge in [-0.15, -0.1) is 0 Å². The molecule has 1 atom stereocenters. The van der Waals surface area contributed by atoms with Crippen molar-refractivity contribution in [2.45, 2.75) is 30.3 Å². The molecule has 2 aromatic rings. The van der Waals surface area contributed by atoms with Crippen molar-refractivity contribution in [2.75, 3.05) is 6.61 Å². The van der Waals surface area contributed by atoms with Crippen LogP contribution in [0.5, 0.6) is 5.75 Å². The first kappa shape index (κ1) is 19.2. The maximum atomic E-state index is 12.6. The average Bonchev–Trinajstić information content (AvgIpc) is 2.54. The van der Waals surface area contributed by atoms with E-state index in [0.717, 1.165) is 11.3 Å². The summed E-state index contributed by atoms with van der Waals surface area (Å²) in [7, 11) is 0. The maximum Gasteiger partial charge on any atom is 0.446 e. The molecule has 0 fully saturated rings. The minimum atomic E-state index is -4.45. The minimum absolute atomic E-state index is 0.00242. The number of halogens is 3. The van der Waals surface area contributed by atoms with Crippen LogP contribution in [0.15, 0.2) is 53.4 Å². The van der Waals surface area contributed by atoms with Gasteiger partial charge in [-0.1, -0.05) is 24.3 Å². The molecule has 0 bridgehead atoms. The predicted molar refractivity (Wildman–Crippen MR) is 91.8 cm³/mol. The van der Waals surface area contributed by atoms with Gasteiger partial charge in [-0.2, -0.15) is 13.2 Å². The van der Waals surface area contributed by atoms with E-state index in [1.54, 1.807) is 19.1 Å². The van der Waals surface area contributed by atoms with E-state index in [1.165, 1.54) is 24.3 Å². The number of carbonyl (C=O) groups is 1. The molecule has 0 heterocycles. The summed E-state index contributed by atoms with van der Waals surface area (Å²) in [6, 6.07) is 12.5. The van der Waals surface area contributed by atoms with E-state index in [4.69, 9.17) is 4.74 Å². The number of rotatable bonds is 6. The topological polar surface area (TPSA) is 38.3 Å². The number of ether oxygens (including phenoxy) is 1. The van der Waals surface area contributed by atoms with Crippen LogP contribution >= 0.6 is 11.8 Å². The van der Waals surface area contributed by atoms with Gasteiger partial charge in [0.05, 0.1) is 18.2 Å². The molecule has 0 aliphatic carbocycles. The summed E-state index contributed by atoms with van der Waals surface area (Å²) in [5.74, 6) is 0.172. The number of alkyl halides is 3. The second-order valence-corrected chi connectivity index (χ2v) is 6.35. The lowest BCUT2D eigenvalue weighted by molar-refractivity contribution is -0.0328. The monoisotopic (exact) mass is 369 g/mol. The molecular weight excluding hydrogens is 351 g/mol. The summed E-state index contributed by atoms with van der Waals surface area (Å²) in [6.45, 7) is 4.21. The molecule has 134 valence electrons. The van der Waals surface area contributed by atoms with Crippen LogP contribution in [0.1, 0.15) is 35.8 Å². The second-order valence-electron chi connectivity index (χ2n) is 5.24. The quantitative estimate of drug-likeness (QED) is 0.712. The second kappa shape index (κ2) is 8.29. The number of carbonyl (C=O) groups excluding carboxylic acids is 1. The zero-order chi connectivity index (χ0) is 18.4. The van der Waals surface area contributed by atoms with Crippen LogP contribution in [-0.2, 0) is 0 Å². The van der Waals surface area contributed by atoms with Crippen molar-refractivity contribution < 1.29 is 22.7 Å². The van der Waals surface area contributed by atoms with Crippen LogP contribution in [0.3, 0.4) is 0 Å². The Balaban J connectivity index is 2.11. The van der Waals surface area contributed by atoms with E-state index in [2.05, 4.69) is 5.32 Å². The van der Waals surface area contributed by atoms with E-state index in [1.807, 2.05) is 19.1 Å². The molecule has 0 aromatic heterocycles. The molecular formula is C18H18F3NO2S. The highest BCUT2D eigenvalue weighted by atomic mass is 32.2. The molecule has 1 unspecified atom stereocenters. The molecule has 0 saturated carbocycles. The van der Waals surface area contributed by atoms with Crippen molar-refractivity contribution in [3.05, 3.63) is 59.7 Å². The fraction of sp³-hybridized carbons (Fsp3) is 0.278. The van der Waals surface area contributed by atoms with Crippen molar-refractivity contribution in [1.29, 1.82) is 0 Å². The number of benzene rings is 2. The first-order valence-electron chi connectivity index (χ1n) is 7.68. The highest BCUT2D eigenvalue weighted by Crippen LogP contribution is 2.38. The Morgan fingerprint density at radius 3 is 2.40 bits per heavy atom. The Bertz CT molecular complexity index is 717. The zero-order valence-electron chi connectivity index (χ0n) is 13.8. The number of hydrogen-bond donors (Lipinski definition) is 1. The Morgan fingerprint density at radius 2 is 1.80 bits per heavy atom. The largest absolute Gasteiger partial charge is 0.494 e. The third kappa shape index (κ3) is 5.70. The summed E-state index contributed by atoms with van der Waals surface area (Å²) in [6.07, 6.45) is 0. The van der Waals surface area contributed by atoms with E-state index >= 15 is 0 Å². The normalized spacial score (nSPS) is 12.5. The van der Waals surface area contributed by atoms with Crippen molar-refractivity contribution in [1.82, 2.24) is 5.32 Å². The van der Waals surface area contributed by atoms with Gasteiger partial charge < -0.3 is 10.1 Å². The molecule has 25 heavy (non-hydrogen) atoms. The van der Waals surface area contributed by atoms with Crippen LogP contribution in [0, 0.1) is 0 Å². The number of thioether (sulfide) groups is 1.